The van der Waals surface area contributed by atoms with Crippen LogP contribution in [0.15, 0.2) is 42.7 Å². The van der Waals surface area contributed by atoms with Crippen molar-refractivity contribution in [1.29, 1.82) is 0 Å². The molecule has 1 aliphatic carbocycles. The Morgan fingerprint density at radius 3 is 2.82 bits per heavy atom. The standard InChI is InChI=1S/C18H18N4/c1-11-5-6-20-18(22-11)16-9-15(16)12-3-4-17-13(7-12)8-14(19-2)10-21-17/h3-8,10,15-16,19H,9H2,1-2H3/t15-,16+/m1/s1. The number of aromatic nitrogens is 3. The van der Waals surface area contributed by atoms with Gasteiger partial charge in [-0.2, -0.15) is 0 Å². The van der Waals surface area contributed by atoms with Gasteiger partial charge in [-0.1, -0.05) is 6.07 Å². The summed E-state index contributed by atoms with van der Waals surface area (Å²) in [5.74, 6) is 1.97. The Hall–Kier alpha value is -2.49. The number of rotatable bonds is 3. The zero-order valence-corrected chi connectivity index (χ0v) is 12.7. The number of anilines is 1. The van der Waals surface area contributed by atoms with Gasteiger partial charge in [0.05, 0.1) is 17.4 Å². The number of pyridine rings is 1. The van der Waals surface area contributed by atoms with Crippen LogP contribution in [0.2, 0.25) is 0 Å². The Labute approximate surface area is 129 Å². The molecule has 0 spiro atoms. The molecule has 4 nitrogen and oxygen atoms in total. The lowest BCUT2D eigenvalue weighted by atomic mass is 10.1. The smallest absolute Gasteiger partial charge is 0.132 e. The average Bonchev–Trinajstić information content (AvgIpc) is 3.34. The minimum Gasteiger partial charge on any atom is -0.387 e. The van der Waals surface area contributed by atoms with Crippen molar-refractivity contribution in [2.24, 2.45) is 0 Å². The van der Waals surface area contributed by atoms with E-state index in [1.165, 1.54) is 10.9 Å². The number of fused-ring (bicyclic) bond motifs is 1. The molecular weight excluding hydrogens is 272 g/mol. The van der Waals surface area contributed by atoms with Crippen molar-refractivity contribution >= 4 is 16.6 Å². The summed E-state index contributed by atoms with van der Waals surface area (Å²) >= 11 is 0. The van der Waals surface area contributed by atoms with Gasteiger partial charge in [-0.25, -0.2) is 9.97 Å². The third kappa shape index (κ3) is 2.30. The highest BCUT2D eigenvalue weighted by atomic mass is 14.9. The second kappa shape index (κ2) is 5.05. The number of nitrogens with zero attached hydrogens (tertiary/aromatic N) is 3. The van der Waals surface area contributed by atoms with Crippen molar-refractivity contribution < 1.29 is 0 Å². The van der Waals surface area contributed by atoms with Crippen molar-refractivity contribution in [3.05, 3.63) is 59.8 Å². The maximum Gasteiger partial charge on any atom is 0.132 e. The maximum atomic E-state index is 4.57. The first kappa shape index (κ1) is 13.2. The molecule has 1 N–H and O–H groups in total. The van der Waals surface area contributed by atoms with Gasteiger partial charge in [0.25, 0.3) is 0 Å². The van der Waals surface area contributed by atoms with E-state index >= 15 is 0 Å². The lowest BCUT2D eigenvalue weighted by molar-refractivity contribution is 0.878. The number of hydrogen-bond acceptors (Lipinski definition) is 4. The molecule has 1 aromatic carbocycles. The van der Waals surface area contributed by atoms with Crippen LogP contribution in [0.1, 0.15) is 35.3 Å². The zero-order valence-electron chi connectivity index (χ0n) is 12.7. The normalized spacial score (nSPS) is 20.1. The van der Waals surface area contributed by atoms with Gasteiger partial charge in [0.2, 0.25) is 0 Å². The third-order valence-corrected chi connectivity index (χ3v) is 4.36. The van der Waals surface area contributed by atoms with Crippen molar-refractivity contribution in [3.8, 4) is 0 Å². The molecule has 1 saturated carbocycles. The molecular formula is C18H18N4. The molecule has 0 unspecified atom stereocenters. The Morgan fingerprint density at radius 2 is 2.00 bits per heavy atom. The molecule has 2 heterocycles. The molecule has 22 heavy (non-hydrogen) atoms. The predicted molar refractivity (Wildman–Crippen MR) is 88.2 cm³/mol. The number of hydrogen-bond donors (Lipinski definition) is 1. The van der Waals surface area contributed by atoms with Gasteiger partial charge in [-0.05, 0) is 49.1 Å². The second-order valence-electron chi connectivity index (χ2n) is 5.93. The van der Waals surface area contributed by atoms with Gasteiger partial charge < -0.3 is 5.32 Å². The summed E-state index contributed by atoms with van der Waals surface area (Å²) in [5.41, 5.74) is 4.47. The average molecular weight is 290 g/mol. The fourth-order valence-electron chi connectivity index (χ4n) is 3.01. The summed E-state index contributed by atoms with van der Waals surface area (Å²) in [5, 5.41) is 4.32. The summed E-state index contributed by atoms with van der Waals surface area (Å²) < 4.78 is 0. The molecule has 2 atom stereocenters. The number of benzene rings is 1. The third-order valence-electron chi connectivity index (χ3n) is 4.36. The van der Waals surface area contributed by atoms with Crippen LogP contribution in [0.3, 0.4) is 0 Å². The largest absolute Gasteiger partial charge is 0.387 e. The van der Waals surface area contributed by atoms with Gasteiger partial charge >= 0.3 is 0 Å². The van der Waals surface area contributed by atoms with Crippen LogP contribution in [0.25, 0.3) is 10.9 Å². The van der Waals surface area contributed by atoms with E-state index in [1.54, 1.807) is 0 Å². The van der Waals surface area contributed by atoms with Crippen molar-refractivity contribution in [1.82, 2.24) is 15.0 Å². The summed E-state index contributed by atoms with van der Waals surface area (Å²) in [6.45, 7) is 2.02. The van der Waals surface area contributed by atoms with Gasteiger partial charge in [-0.15, -0.1) is 0 Å². The van der Waals surface area contributed by atoms with Gasteiger partial charge in [0.1, 0.15) is 5.82 Å². The van der Waals surface area contributed by atoms with Gasteiger partial charge in [-0.3, -0.25) is 4.98 Å². The van der Waals surface area contributed by atoms with Crippen LogP contribution in [0.4, 0.5) is 5.69 Å². The van der Waals surface area contributed by atoms with Gasteiger partial charge in [0.15, 0.2) is 0 Å². The van der Waals surface area contributed by atoms with Crippen LogP contribution in [0, 0.1) is 6.92 Å². The lowest BCUT2D eigenvalue weighted by Gasteiger charge is -2.05. The summed E-state index contributed by atoms with van der Waals surface area (Å²) in [4.78, 5) is 13.5. The van der Waals surface area contributed by atoms with E-state index in [9.17, 15) is 0 Å². The molecule has 110 valence electrons. The minimum atomic E-state index is 0.456. The molecule has 0 radical (unpaired) electrons. The molecule has 3 aromatic rings. The summed E-state index contributed by atoms with van der Waals surface area (Å²) in [6, 6.07) is 10.6. The van der Waals surface area contributed by atoms with E-state index in [0.717, 1.165) is 29.1 Å². The van der Waals surface area contributed by atoms with Gasteiger partial charge in [0, 0.05) is 30.2 Å². The Bertz CT molecular complexity index is 843. The van der Waals surface area contributed by atoms with E-state index in [0.29, 0.717) is 11.8 Å². The van der Waals surface area contributed by atoms with Crippen LogP contribution < -0.4 is 5.32 Å². The predicted octanol–water partition coefficient (Wildman–Crippen LogP) is 3.65. The van der Waals surface area contributed by atoms with E-state index < -0.39 is 0 Å². The molecule has 4 heteroatoms. The van der Waals surface area contributed by atoms with E-state index in [2.05, 4.69) is 44.5 Å². The van der Waals surface area contributed by atoms with Crippen molar-refractivity contribution in [3.63, 3.8) is 0 Å². The first-order valence-electron chi connectivity index (χ1n) is 7.61. The molecule has 1 fully saturated rings. The SMILES string of the molecule is CNc1cnc2ccc([C@H]3C[C@@H]3c3nccc(C)n3)cc2c1. The fraction of sp³-hybridized carbons (Fsp3) is 0.278. The summed E-state index contributed by atoms with van der Waals surface area (Å²) in [7, 11) is 1.92. The topological polar surface area (TPSA) is 50.7 Å². The molecule has 0 bridgehead atoms. The minimum absolute atomic E-state index is 0.456. The highest BCUT2D eigenvalue weighted by Crippen LogP contribution is 2.53. The Balaban J connectivity index is 1.65. The second-order valence-corrected chi connectivity index (χ2v) is 5.93. The Morgan fingerprint density at radius 1 is 1.09 bits per heavy atom. The lowest BCUT2D eigenvalue weighted by Crippen LogP contribution is -1.95. The molecule has 0 amide bonds. The molecule has 1 aliphatic rings. The zero-order chi connectivity index (χ0) is 15.1. The van der Waals surface area contributed by atoms with Crippen LogP contribution in [0.5, 0.6) is 0 Å². The quantitative estimate of drug-likeness (QED) is 0.800. The summed E-state index contributed by atoms with van der Waals surface area (Å²) in [6.07, 6.45) is 4.85. The molecule has 0 aliphatic heterocycles. The highest BCUT2D eigenvalue weighted by Gasteiger charge is 2.41. The van der Waals surface area contributed by atoms with Crippen molar-refractivity contribution in [2.45, 2.75) is 25.2 Å². The number of aryl methyl sites for hydroxylation is 1. The molecule has 2 aromatic heterocycles. The first-order chi connectivity index (χ1) is 10.7. The monoisotopic (exact) mass is 290 g/mol. The van der Waals surface area contributed by atoms with E-state index in [-0.39, 0.29) is 0 Å². The van der Waals surface area contributed by atoms with Crippen LogP contribution >= 0.6 is 0 Å². The van der Waals surface area contributed by atoms with Crippen molar-refractivity contribution in [2.75, 3.05) is 12.4 Å². The molecule has 4 rings (SSSR count). The van der Waals surface area contributed by atoms with E-state index in [4.69, 9.17) is 0 Å². The van der Waals surface area contributed by atoms with Crippen LogP contribution in [-0.4, -0.2) is 22.0 Å². The Kier molecular flexibility index (Phi) is 3.03. The fourth-order valence-corrected chi connectivity index (χ4v) is 3.01. The molecule has 0 saturated heterocycles. The first-order valence-corrected chi connectivity index (χ1v) is 7.61. The van der Waals surface area contributed by atoms with E-state index in [1.807, 2.05) is 32.4 Å². The maximum absolute atomic E-state index is 4.57. The highest BCUT2D eigenvalue weighted by molar-refractivity contribution is 5.82. The van der Waals surface area contributed by atoms with Crippen LogP contribution in [-0.2, 0) is 0 Å². The number of nitrogens with one attached hydrogen (secondary N) is 1.